The van der Waals surface area contributed by atoms with Crippen LogP contribution in [0.3, 0.4) is 0 Å². The second-order valence-electron chi connectivity index (χ2n) is 7.45. The topological polar surface area (TPSA) is 26.3 Å². The van der Waals surface area contributed by atoms with Crippen molar-refractivity contribution in [2.45, 2.75) is 52.4 Å². The number of para-hydroxylation sites is 1. The third kappa shape index (κ3) is 5.84. The fourth-order valence-corrected chi connectivity index (χ4v) is 4.58. The molecule has 0 saturated heterocycles. The molecule has 0 aliphatic heterocycles. The summed E-state index contributed by atoms with van der Waals surface area (Å²) >= 11 is 0. The summed E-state index contributed by atoms with van der Waals surface area (Å²) in [4.78, 5) is 0. The van der Waals surface area contributed by atoms with Gasteiger partial charge in [-0.3, -0.25) is 4.57 Å². The maximum atomic E-state index is 13.2. The van der Waals surface area contributed by atoms with E-state index in [1.807, 2.05) is 36.4 Å². The van der Waals surface area contributed by atoms with E-state index in [0.29, 0.717) is 0 Å². The van der Waals surface area contributed by atoms with E-state index in [9.17, 15) is 4.57 Å². The number of unbranched alkanes of at least 4 members (excludes halogenated alkanes) is 2. The van der Waals surface area contributed by atoms with Crippen LogP contribution < -0.4 is 9.83 Å². The van der Waals surface area contributed by atoms with Crippen LogP contribution >= 0.6 is 8.03 Å². The zero-order valence-electron chi connectivity index (χ0n) is 17.5. The fourth-order valence-electron chi connectivity index (χ4n) is 3.51. The van der Waals surface area contributed by atoms with Crippen LogP contribution in [0.1, 0.15) is 50.7 Å². The molecule has 3 aromatic rings. The summed E-state index contributed by atoms with van der Waals surface area (Å²) in [6.07, 6.45) is 6.41. The monoisotopic (exact) mass is 406 g/mol. The summed E-state index contributed by atoms with van der Waals surface area (Å²) in [6.45, 7) is 4.39. The summed E-state index contributed by atoms with van der Waals surface area (Å²) in [5, 5.41) is 0.767. The van der Waals surface area contributed by atoms with Gasteiger partial charge in [-0.25, -0.2) is 0 Å². The van der Waals surface area contributed by atoms with Gasteiger partial charge in [0.15, 0.2) is 0 Å². The zero-order valence-corrected chi connectivity index (χ0v) is 18.5. The minimum atomic E-state index is -2.39. The first kappa shape index (κ1) is 21.4. The van der Waals surface area contributed by atoms with E-state index in [-0.39, 0.29) is 0 Å². The first-order valence-electron chi connectivity index (χ1n) is 10.7. The average Bonchev–Trinajstić information content (AvgIpc) is 2.78. The number of hydrogen-bond acceptors (Lipinski definition) is 2. The molecule has 152 valence electrons. The van der Waals surface area contributed by atoms with Crippen molar-refractivity contribution in [2.24, 2.45) is 0 Å². The molecule has 0 amide bonds. The van der Waals surface area contributed by atoms with E-state index in [0.717, 1.165) is 60.7 Å². The quantitative estimate of drug-likeness (QED) is 0.332. The van der Waals surface area contributed by atoms with Crippen molar-refractivity contribution < 1.29 is 9.09 Å². The molecule has 0 radical (unpaired) electrons. The van der Waals surface area contributed by atoms with Crippen LogP contribution in [0, 0.1) is 0 Å². The smallest absolute Gasteiger partial charge is 0.266 e. The average molecular weight is 407 g/mol. The minimum Gasteiger partial charge on any atom is -0.441 e. The van der Waals surface area contributed by atoms with Gasteiger partial charge >= 0.3 is 0 Å². The molecule has 1 unspecified atom stereocenters. The highest BCUT2D eigenvalue weighted by Gasteiger charge is 2.14. The van der Waals surface area contributed by atoms with Gasteiger partial charge in [0, 0.05) is 5.30 Å². The van der Waals surface area contributed by atoms with Crippen molar-refractivity contribution >= 4 is 13.3 Å². The van der Waals surface area contributed by atoms with Gasteiger partial charge in [-0.05, 0) is 60.1 Å². The van der Waals surface area contributed by atoms with E-state index < -0.39 is 8.03 Å². The maximum Gasteiger partial charge on any atom is 0.266 e. The van der Waals surface area contributed by atoms with E-state index in [2.05, 4.69) is 50.2 Å². The summed E-state index contributed by atoms with van der Waals surface area (Å²) in [6, 6.07) is 24.5. The van der Waals surface area contributed by atoms with Gasteiger partial charge in [-0.15, -0.1) is 0 Å². The third-order valence-electron chi connectivity index (χ3n) is 5.18. The second kappa shape index (κ2) is 11.0. The standard InChI is InChI=1S/C26H31O2P/c1-3-5-12-22-16-10-17-23(13-6-4-2)26(22)28-29(27)25-19-11-18-24(20-25)21-14-8-7-9-15-21/h7-11,14-20,29H,3-6,12-13H2,1-2H3. The molecule has 0 bridgehead atoms. The van der Waals surface area contributed by atoms with Crippen molar-refractivity contribution in [2.75, 3.05) is 0 Å². The Kier molecular flexibility index (Phi) is 8.14. The number of benzene rings is 3. The lowest BCUT2D eigenvalue weighted by atomic mass is 10.0. The molecule has 2 nitrogen and oxygen atoms in total. The molecule has 0 spiro atoms. The van der Waals surface area contributed by atoms with Gasteiger partial charge < -0.3 is 4.52 Å². The van der Waals surface area contributed by atoms with Crippen molar-refractivity contribution in [1.29, 1.82) is 0 Å². The molecule has 1 atom stereocenters. The van der Waals surface area contributed by atoms with E-state index in [1.54, 1.807) is 0 Å². The Bertz CT molecular complexity index is 908. The number of aryl methyl sites for hydroxylation is 2. The molecule has 0 aromatic heterocycles. The van der Waals surface area contributed by atoms with Crippen LogP contribution in [-0.2, 0) is 17.4 Å². The highest BCUT2D eigenvalue weighted by Crippen LogP contribution is 2.35. The zero-order chi connectivity index (χ0) is 20.5. The molecule has 0 aliphatic rings. The van der Waals surface area contributed by atoms with Gasteiger partial charge in [0.2, 0.25) is 0 Å². The molecule has 3 rings (SSSR count). The summed E-state index contributed by atoms with van der Waals surface area (Å²) in [5.41, 5.74) is 4.54. The molecular weight excluding hydrogens is 375 g/mol. The molecule has 3 heteroatoms. The minimum absolute atomic E-state index is 0.767. The SMILES string of the molecule is CCCCc1cccc(CCCC)c1O[PH](=O)c1cccc(-c2ccccc2)c1. The van der Waals surface area contributed by atoms with E-state index in [4.69, 9.17) is 4.52 Å². The summed E-state index contributed by atoms with van der Waals surface area (Å²) in [5.74, 6) is 0.850. The molecule has 29 heavy (non-hydrogen) atoms. The van der Waals surface area contributed by atoms with Crippen LogP contribution in [0.15, 0.2) is 72.8 Å². The summed E-state index contributed by atoms with van der Waals surface area (Å²) < 4.78 is 19.4. The van der Waals surface area contributed by atoms with Crippen molar-refractivity contribution in [1.82, 2.24) is 0 Å². The van der Waals surface area contributed by atoms with Gasteiger partial charge in [-0.1, -0.05) is 87.4 Å². The van der Waals surface area contributed by atoms with E-state index >= 15 is 0 Å². The largest absolute Gasteiger partial charge is 0.441 e. The number of rotatable bonds is 10. The Hall–Kier alpha value is -2.31. The normalized spacial score (nSPS) is 11.9. The van der Waals surface area contributed by atoms with Crippen LogP contribution in [0.2, 0.25) is 0 Å². The lowest BCUT2D eigenvalue weighted by molar-refractivity contribution is 0.506. The van der Waals surface area contributed by atoms with Gasteiger partial charge in [0.05, 0.1) is 0 Å². The second-order valence-corrected chi connectivity index (χ2v) is 8.81. The Morgan fingerprint density at radius 1 is 0.724 bits per heavy atom. The number of hydrogen-bond donors (Lipinski definition) is 0. The van der Waals surface area contributed by atoms with E-state index in [1.165, 1.54) is 11.1 Å². The van der Waals surface area contributed by atoms with Crippen LogP contribution in [0.25, 0.3) is 11.1 Å². The fraction of sp³-hybridized carbons (Fsp3) is 0.308. The van der Waals surface area contributed by atoms with Gasteiger partial charge in [-0.2, -0.15) is 0 Å². The lowest BCUT2D eigenvalue weighted by Crippen LogP contribution is -2.04. The third-order valence-corrected chi connectivity index (χ3v) is 6.35. The van der Waals surface area contributed by atoms with Crippen LogP contribution in [0.5, 0.6) is 5.75 Å². The Morgan fingerprint density at radius 2 is 1.31 bits per heavy atom. The first-order valence-corrected chi connectivity index (χ1v) is 12.0. The molecule has 0 fully saturated rings. The van der Waals surface area contributed by atoms with Crippen LogP contribution in [0.4, 0.5) is 0 Å². The molecule has 3 aromatic carbocycles. The Labute approximate surface area is 175 Å². The van der Waals surface area contributed by atoms with Crippen molar-refractivity contribution in [3.8, 4) is 16.9 Å². The highest BCUT2D eigenvalue weighted by atomic mass is 31.1. The summed E-state index contributed by atoms with van der Waals surface area (Å²) in [7, 11) is -2.39. The molecular formula is C26H31O2P. The first-order chi connectivity index (χ1) is 14.2. The Balaban J connectivity index is 1.88. The molecule has 0 aliphatic carbocycles. The maximum absolute atomic E-state index is 13.2. The van der Waals surface area contributed by atoms with Crippen molar-refractivity contribution in [3.63, 3.8) is 0 Å². The van der Waals surface area contributed by atoms with Gasteiger partial charge in [0.1, 0.15) is 5.75 Å². The van der Waals surface area contributed by atoms with Gasteiger partial charge in [0.25, 0.3) is 8.03 Å². The highest BCUT2D eigenvalue weighted by molar-refractivity contribution is 7.48. The Morgan fingerprint density at radius 3 is 1.93 bits per heavy atom. The van der Waals surface area contributed by atoms with Crippen LogP contribution in [-0.4, -0.2) is 0 Å². The predicted molar refractivity (Wildman–Crippen MR) is 125 cm³/mol. The molecule has 0 heterocycles. The molecule has 0 N–H and O–H groups in total. The van der Waals surface area contributed by atoms with Crippen molar-refractivity contribution in [3.05, 3.63) is 83.9 Å². The predicted octanol–water partition coefficient (Wildman–Crippen LogP) is 7.22. The molecule has 0 saturated carbocycles. The lowest BCUT2D eigenvalue weighted by Gasteiger charge is -2.16.